The van der Waals surface area contributed by atoms with Crippen LogP contribution in [0, 0.1) is 0 Å². The number of hydrogen-bond acceptors (Lipinski definition) is 12. The average molecular weight is 740 g/mol. The molecule has 13 heteroatoms. The zero-order valence-electron chi connectivity index (χ0n) is 30.4. The minimum absolute atomic E-state index is 0.0346. The van der Waals surface area contributed by atoms with Crippen LogP contribution in [0.1, 0.15) is 27.4 Å². The minimum atomic E-state index is -0.455. The molecular formula is C40H53NO12. The Balaban J connectivity index is 0.808. The van der Waals surface area contributed by atoms with Crippen LogP contribution in [0.5, 0.6) is 5.75 Å². The van der Waals surface area contributed by atoms with Crippen LogP contribution in [0.2, 0.25) is 0 Å². The fourth-order valence-electron chi connectivity index (χ4n) is 5.38. The van der Waals surface area contributed by atoms with Crippen LogP contribution in [-0.4, -0.2) is 138 Å². The predicted molar refractivity (Wildman–Crippen MR) is 197 cm³/mol. The van der Waals surface area contributed by atoms with E-state index < -0.39 is 6.09 Å². The topological polar surface area (TPSA) is 138 Å². The number of nitrogens with one attached hydrogen (secondary N) is 1. The molecule has 13 nitrogen and oxygen atoms in total. The summed E-state index contributed by atoms with van der Waals surface area (Å²) in [5, 5.41) is 2.74. The lowest BCUT2D eigenvalue weighted by atomic mass is 9.98. The molecule has 1 aliphatic rings. The summed E-state index contributed by atoms with van der Waals surface area (Å²) in [4.78, 5) is 22.9. The minimum Gasteiger partial charge on any atom is -0.491 e. The van der Waals surface area contributed by atoms with E-state index in [9.17, 15) is 9.59 Å². The Morgan fingerprint density at radius 3 is 1.34 bits per heavy atom. The fraction of sp³-hybridized carbons (Fsp3) is 0.500. The Morgan fingerprint density at radius 1 is 0.509 bits per heavy atom. The Morgan fingerprint density at radius 2 is 0.906 bits per heavy atom. The molecule has 0 aromatic heterocycles. The number of carbonyl (C=O) groups excluding carboxylic acids is 2. The van der Waals surface area contributed by atoms with Gasteiger partial charge in [0.15, 0.2) is 0 Å². The number of carbonyl (C=O) groups is 2. The van der Waals surface area contributed by atoms with Crippen LogP contribution < -0.4 is 10.1 Å². The lowest BCUT2D eigenvalue weighted by Crippen LogP contribution is -2.29. The Kier molecular flexibility index (Phi) is 21.1. The molecule has 3 aromatic carbocycles. The van der Waals surface area contributed by atoms with E-state index in [1.807, 2.05) is 24.3 Å². The van der Waals surface area contributed by atoms with E-state index in [1.54, 1.807) is 24.3 Å². The molecular weight excluding hydrogens is 686 g/mol. The van der Waals surface area contributed by atoms with Crippen molar-refractivity contribution in [2.24, 2.45) is 0 Å². The number of hydrogen-bond donors (Lipinski definition) is 1. The summed E-state index contributed by atoms with van der Waals surface area (Å²) in [5.74, 6) is 0.734. The summed E-state index contributed by atoms with van der Waals surface area (Å²) >= 11 is 0. The Labute approximate surface area is 312 Å². The maximum absolute atomic E-state index is 12.2. The third-order valence-corrected chi connectivity index (χ3v) is 7.98. The SMILES string of the molecule is O=Cc1ccc(OCCOCCOCCOCCOCCOCCOCCOCCOCCNC(=O)OCC2c3ccccc3-c3ccccc32)cc1. The van der Waals surface area contributed by atoms with E-state index >= 15 is 0 Å². The maximum atomic E-state index is 12.2. The van der Waals surface area contributed by atoms with Gasteiger partial charge in [-0.25, -0.2) is 4.79 Å². The van der Waals surface area contributed by atoms with Crippen molar-refractivity contribution in [2.45, 2.75) is 5.92 Å². The van der Waals surface area contributed by atoms with E-state index in [0.29, 0.717) is 130 Å². The molecule has 53 heavy (non-hydrogen) atoms. The molecule has 0 heterocycles. The van der Waals surface area contributed by atoms with E-state index in [1.165, 1.54) is 22.3 Å². The van der Waals surface area contributed by atoms with Gasteiger partial charge in [-0.1, -0.05) is 48.5 Å². The van der Waals surface area contributed by atoms with Gasteiger partial charge in [0.05, 0.1) is 106 Å². The first-order valence-corrected chi connectivity index (χ1v) is 18.1. The first-order valence-electron chi connectivity index (χ1n) is 18.1. The summed E-state index contributed by atoms with van der Waals surface area (Å²) in [5.41, 5.74) is 5.38. The van der Waals surface area contributed by atoms with Crippen molar-refractivity contribution in [3.8, 4) is 16.9 Å². The van der Waals surface area contributed by atoms with Gasteiger partial charge >= 0.3 is 6.09 Å². The molecule has 4 rings (SSSR count). The highest BCUT2D eigenvalue weighted by molar-refractivity contribution is 5.79. The normalized spacial score (nSPS) is 12.0. The van der Waals surface area contributed by atoms with Crippen molar-refractivity contribution in [3.05, 3.63) is 89.5 Å². The van der Waals surface area contributed by atoms with Gasteiger partial charge in [0.2, 0.25) is 0 Å². The zero-order chi connectivity index (χ0) is 37.0. The van der Waals surface area contributed by atoms with Crippen molar-refractivity contribution in [3.63, 3.8) is 0 Å². The molecule has 3 aromatic rings. The number of alkyl carbamates (subject to hydrolysis) is 1. The van der Waals surface area contributed by atoms with Gasteiger partial charge < -0.3 is 52.7 Å². The third-order valence-electron chi connectivity index (χ3n) is 7.98. The average Bonchev–Trinajstić information content (AvgIpc) is 3.51. The monoisotopic (exact) mass is 739 g/mol. The van der Waals surface area contributed by atoms with Crippen LogP contribution in [0.25, 0.3) is 11.1 Å². The molecule has 1 aliphatic carbocycles. The molecule has 0 atom stereocenters. The van der Waals surface area contributed by atoms with Gasteiger partial charge in [0.1, 0.15) is 25.2 Å². The van der Waals surface area contributed by atoms with Crippen LogP contribution in [0.4, 0.5) is 4.79 Å². The predicted octanol–water partition coefficient (Wildman–Crippen LogP) is 4.55. The maximum Gasteiger partial charge on any atom is 0.407 e. The van der Waals surface area contributed by atoms with Gasteiger partial charge in [-0.3, -0.25) is 4.79 Å². The number of ether oxygens (including phenoxy) is 10. The van der Waals surface area contributed by atoms with E-state index in [-0.39, 0.29) is 12.5 Å². The summed E-state index contributed by atoms with van der Waals surface area (Å²) < 4.78 is 55.0. The van der Waals surface area contributed by atoms with Crippen LogP contribution in [-0.2, 0) is 42.6 Å². The van der Waals surface area contributed by atoms with E-state index in [4.69, 9.17) is 47.4 Å². The van der Waals surface area contributed by atoms with Crippen molar-refractivity contribution in [2.75, 3.05) is 125 Å². The number of fused-ring (bicyclic) bond motifs is 3. The molecule has 0 saturated carbocycles. The fourth-order valence-corrected chi connectivity index (χ4v) is 5.38. The van der Waals surface area contributed by atoms with Gasteiger partial charge in [-0.2, -0.15) is 0 Å². The van der Waals surface area contributed by atoms with Crippen molar-refractivity contribution in [1.29, 1.82) is 0 Å². The molecule has 1 amide bonds. The summed E-state index contributed by atoms with van der Waals surface area (Å²) in [6.07, 6.45) is 0.341. The number of benzene rings is 3. The standard InChI is InChI=1S/C40H53NO12/c42-31-33-9-11-34(12-10-33)52-30-29-51-28-27-50-26-25-49-24-23-48-22-21-47-20-19-46-18-17-45-16-15-44-14-13-41-40(43)53-32-39-37-7-3-1-5-35(37)36-6-2-4-8-38(36)39/h1-12,31,39H,13-30,32H2,(H,41,43). The van der Waals surface area contributed by atoms with E-state index in [0.717, 1.165) is 6.29 Å². The van der Waals surface area contributed by atoms with Crippen molar-refractivity contribution < 1.29 is 57.0 Å². The summed E-state index contributed by atoms with van der Waals surface area (Å²) in [6, 6.07) is 23.4. The largest absolute Gasteiger partial charge is 0.491 e. The van der Waals surface area contributed by atoms with Gasteiger partial charge in [-0.05, 0) is 46.5 Å². The van der Waals surface area contributed by atoms with Gasteiger partial charge in [0.25, 0.3) is 0 Å². The lowest BCUT2D eigenvalue weighted by molar-refractivity contribution is -0.0235. The Bertz CT molecular complexity index is 1380. The second kappa shape index (κ2) is 26.8. The molecule has 0 fully saturated rings. The zero-order valence-corrected chi connectivity index (χ0v) is 30.4. The highest BCUT2D eigenvalue weighted by Gasteiger charge is 2.28. The number of rotatable bonds is 31. The van der Waals surface area contributed by atoms with Crippen LogP contribution >= 0.6 is 0 Å². The summed E-state index contributed by atoms with van der Waals surface area (Å²) in [6.45, 7) is 8.46. The first kappa shape index (κ1) is 41.8. The second-order valence-electron chi connectivity index (χ2n) is 11.7. The highest BCUT2D eigenvalue weighted by atomic mass is 16.6. The molecule has 0 radical (unpaired) electrons. The summed E-state index contributed by atoms with van der Waals surface area (Å²) in [7, 11) is 0. The third kappa shape index (κ3) is 16.7. The quantitative estimate of drug-likeness (QED) is 0.0732. The molecule has 0 saturated heterocycles. The van der Waals surface area contributed by atoms with Crippen molar-refractivity contribution >= 4 is 12.4 Å². The smallest absolute Gasteiger partial charge is 0.407 e. The molecule has 0 unspecified atom stereocenters. The number of aldehydes is 1. The first-order chi connectivity index (χ1) is 26.3. The Hall–Kier alpha value is -3.92. The molecule has 0 bridgehead atoms. The second-order valence-corrected chi connectivity index (χ2v) is 11.7. The van der Waals surface area contributed by atoms with Gasteiger partial charge in [-0.15, -0.1) is 0 Å². The molecule has 0 spiro atoms. The van der Waals surface area contributed by atoms with E-state index in [2.05, 4.69) is 29.6 Å². The van der Waals surface area contributed by atoms with Crippen LogP contribution in [0.15, 0.2) is 72.8 Å². The van der Waals surface area contributed by atoms with Gasteiger partial charge in [0, 0.05) is 18.0 Å². The molecule has 1 N–H and O–H groups in total. The highest BCUT2D eigenvalue weighted by Crippen LogP contribution is 2.44. The van der Waals surface area contributed by atoms with Crippen LogP contribution in [0.3, 0.4) is 0 Å². The molecule has 290 valence electrons. The number of amides is 1. The lowest BCUT2D eigenvalue weighted by Gasteiger charge is -2.14. The molecule has 0 aliphatic heterocycles. The van der Waals surface area contributed by atoms with Crippen molar-refractivity contribution in [1.82, 2.24) is 5.32 Å².